The third kappa shape index (κ3) is 4.81. The van der Waals surface area contributed by atoms with Crippen LogP contribution in [0.25, 0.3) is 0 Å². The van der Waals surface area contributed by atoms with Crippen LogP contribution in [0, 0.1) is 0 Å². The van der Waals surface area contributed by atoms with Crippen LogP contribution in [-0.2, 0) is 17.7 Å². The Labute approximate surface area is 184 Å². The zero-order chi connectivity index (χ0) is 21.8. The minimum Gasteiger partial charge on any atom is -0.465 e. The Hall–Kier alpha value is -3.51. The normalized spacial score (nSPS) is 11.8. The molecule has 3 aromatic rings. The van der Waals surface area contributed by atoms with Crippen LogP contribution in [0.15, 0.2) is 60.7 Å². The molecule has 0 bridgehead atoms. The van der Waals surface area contributed by atoms with Crippen LogP contribution < -0.4 is 14.8 Å². The molecule has 0 radical (unpaired) electrons. The van der Waals surface area contributed by atoms with Gasteiger partial charge in [0.1, 0.15) is 0 Å². The van der Waals surface area contributed by atoms with Gasteiger partial charge in [0, 0.05) is 17.1 Å². The number of benzene rings is 3. The molecule has 3 aromatic carbocycles. The van der Waals surface area contributed by atoms with Crippen molar-refractivity contribution in [1.82, 2.24) is 5.32 Å². The molecule has 1 aliphatic rings. The van der Waals surface area contributed by atoms with Crippen LogP contribution in [0.5, 0.6) is 11.5 Å². The van der Waals surface area contributed by atoms with Gasteiger partial charge < -0.3 is 19.5 Å². The summed E-state index contributed by atoms with van der Waals surface area (Å²) in [5, 5.41) is 3.42. The zero-order valence-electron chi connectivity index (χ0n) is 16.8. The second-order valence-electron chi connectivity index (χ2n) is 7.04. The number of fused-ring (bicyclic) bond motifs is 1. The first-order chi connectivity index (χ1) is 15.0. The summed E-state index contributed by atoms with van der Waals surface area (Å²) >= 11 is 6.15. The van der Waals surface area contributed by atoms with Gasteiger partial charge in [0.05, 0.1) is 12.7 Å². The van der Waals surface area contributed by atoms with E-state index in [1.165, 1.54) is 7.11 Å². The summed E-state index contributed by atoms with van der Waals surface area (Å²) < 4.78 is 15.4. The van der Waals surface area contributed by atoms with Crippen LogP contribution in [0.2, 0.25) is 5.02 Å². The van der Waals surface area contributed by atoms with Crippen molar-refractivity contribution in [1.29, 1.82) is 0 Å². The van der Waals surface area contributed by atoms with Gasteiger partial charge in [0.25, 0.3) is 5.91 Å². The minimum atomic E-state index is -0.387. The van der Waals surface area contributed by atoms with Gasteiger partial charge in [-0.1, -0.05) is 35.9 Å². The number of methoxy groups -OCH3 is 1. The molecule has 6 nitrogen and oxygen atoms in total. The topological polar surface area (TPSA) is 73.9 Å². The summed E-state index contributed by atoms with van der Waals surface area (Å²) in [5.74, 6) is 0.763. The highest BCUT2D eigenvalue weighted by molar-refractivity contribution is 6.31. The first kappa shape index (κ1) is 20.8. The summed E-state index contributed by atoms with van der Waals surface area (Å²) in [6.07, 6.45) is 0.519. The lowest BCUT2D eigenvalue weighted by molar-refractivity contribution is 0.0600. The molecule has 0 fully saturated rings. The van der Waals surface area contributed by atoms with Gasteiger partial charge >= 0.3 is 5.97 Å². The molecule has 0 saturated carbocycles. The monoisotopic (exact) mass is 437 g/mol. The van der Waals surface area contributed by atoms with E-state index in [0.717, 1.165) is 16.7 Å². The Bertz CT molecular complexity index is 1130. The molecule has 0 saturated heterocycles. The zero-order valence-corrected chi connectivity index (χ0v) is 17.6. The highest BCUT2D eigenvalue weighted by atomic mass is 35.5. The lowest BCUT2D eigenvalue weighted by Gasteiger charge is -2.12. The van der Waals surface area contributed by atoms with E-state index in [1.807, 2.05) is 36.4 Å². The Morgan fingerprint density at radius 2 is 1.71 bits per heavy atom. The molecular formula is C24H20ClNO5. The third-order valence-electron chi connectivity index (χ3n) is 4.98. The van der Waals surface area contributed by atoms with Crippen LogP contribution in [0.3, 0.4) is 0 Å². The molecule has 31 heavy (non-hydrogen) atoms. The van der Waals surface area contributed by atoms with E-state index >= 15 is 0 Å². The average Bonchev–Trinajstić information content (AvgIpc) is 3.26. The van der Waals surface area contributed by atoms with Gasteiger partial charge in [-0.15, -0.1) is 0 Å². The van der Waals surface area contributed by atoms with Crippen molar-refractivity contribution in [2.75, 3.05) is 13.9 Å². The number of amides is 1. The molecule has 0 aromatic heterocycles. The highest BCUT2D eigenvalue weighted by Crippen LogP contribution is 2.32. The quantitative estimate of drug-likeness (QED) is 0.579. The van der Waals surface area contributed by atoms with Gasteiger partial charge in [-0.05, 0) is 59.5 Å². The Morgan fingerprint density at radius 3 is 2.48 bits per heavy atom. The number of esters is 1. The lowest BCUT2D eigenvalue weighted by atomic mass is 9.98. The second-order valence-corrected chi connectivity index (χ2v) is 7.47. The van der Waals surface area contributed by atoms with Crippen LogP contribution in [0.4, 0.5) is 0 Å². The van der Waals surface area contributed by atoms with E-state index in [4.69, 9.17) is 25.8 Å². The molecule has 1 heterocycles. The van der Waals surface area contributed by atoms with E-state index in [0.29, 0.717) is 40.6 Å². The number of hydrogen-bond donors (Lipinski definition) is 1. The van der Waals surface area contributed by atoms with Gasteiger partial charge in [-0.2, -0.15) is 0 Å². The fourth-order valence-electron chi connectivity index (χ4n) is 3.34. The van der Waals surface area contributed by atoms with Crippen LogP contribution in [0.1, 0.15) is 37.4 Å². The summed E-state index contributed by atoms with van der Waals surface area (Å²) in [6.45, 7) is 0.548. The molecule has 7 heteroatoms. The molecule has 4 rings (SSSR count). The van der Waals surface area contributed by atoms with Gasteiger partial charge in [-0.3, -0.25) is 4.79 Å². The third-order valence-corrected chi connectivity index (χ3v) is 5.21. The van der Waals surface area contributed by atoms with Crippen molar-refractivity contribution in [3.05, 3.63) is 93.5 Å². The number of halogens is 1. The molecule has 0 unspecified atom stereocenters. The van der Waals surface area contributed by atoms with Crippen molar-refractivity contribution >= 4 is 23.5 Å². The van der Waals surface area contributed by atoms with E-state index in [-0.39, 0.29) is 18.7 Å². The Kier molecular flexibility index (Phi) is 6.09. The maximum atomic E-state index is 12.9. The number of ether oxygens (including phenoxy) is 3. The van der Waals surface area contributed by atoms with E-state index in [9.17, 15) is 9.59 Å². The maximum Gasteiger partial charge on any atom is 0.337 e. The average molecular weight is 438 g/mol. The molecule has 0 spiro atoms. The molecule has 1 aliphatic heterocycles. The number of carbonyl (C=O) groups is 2. The summed E-state index contributed by atoms with van der Waals surface area (Å²) in [4.78, 5) is 24.5. The van der Waals surface area contributed by atoms with Crippen molar-refractivity contribution in [2.24, 2.45) is 0 Å². The second kappa shape index (κ2) is 9.10. The van der Waals surface area contributed by atoms with E-state index in [2.05, 4.69) is 5.32 Å². The molecular weight excluding hydrogens is 418 g/mol. The standard InChI is InChI=1S/C24H20ClNO5/c1-29-24(28)17-5-2-15(3-6-17)10-18-7-8-19(25)12-20(18)23(27)26-13-16-4-9-21-22(11-16)31-14-30-21/h2-9,11-12H,10,13-14H2,1H3,(H,26,27). The van der Waals surface area contributed by atoms with Crippen molar-refractivity contribution in [3.8, 4) is 11.5 Å². The fraction of sp³-hybridized carbons (Fsp3) is 0.167. The fourth-order valence-corrected chi connectivity index (χ4v) is 3.51. The first-order valence-electron chi connectivity index (χ1n) is 9.66. The lowest BCUT2D eigenvalue weighted by Crippen LogP contribution is -2.24. The van der Waals surface area contributed by atoms with Crippen LogP contribution in [-0.4, -0.2) is 25.8 Å². The molecule has 1 amide bonds. The van der Waals surface area contributed by atoms with Crippen molar-refractivity contribution in [2.45, 2.75) is 13.0 Å². The predicted molar refractivity (Wildman–Crippen MR) is 116 cm³/mol. The summed E-state index contributed by atoms with van der Waals surface area (Å²) in [5.41, 5.74) is 3.67. The molecule has 1 N–H and O–H groups in total. The van der Waals surface area contributed by atoms with Gasteiger partial charge in [-0.25, -0.2) is 4.79 Å². The minimum absolute atomic E-state index is 0.206. The number of nitrogens with one attached hydrogen (secondary N) is 1. The Balaban J connectivity index is 1.48. The van der Waals surface area contributed by atoms with Gasteiger partial charge in [0.2, 0.25) is 6.79 Å². The van der Waals surface area contributed by atoms with E-state index < -0.39 is 0 Å². The molecule has 158 valence electrons. The summed E-state index contributed by atoms with van der Waals surface area (Å²) in [6, 6.07) is 17.9. The molecule has 0 aliphatic carbocycles. The number of carbonyl (C=O) groups excluding carboxylic acids is 2. The van der Waals surface area contributed by atoms with E-state index in [1.54, 1.807) is 24.3 Å². The smallest absolute Gasteiger partial charge is 0.337 e. The van der Waals surface area contributed by atoms with Crippen molar-refractivity contribution < 1.29 is 23.8 Å². The van der Waals surface area contributed by atoms with Crippen molar-refractivity contribution in [3.63, 3.8) is 0 Å². The predicted octanol–water partition coefficient (Wildman–Crippen LogP) is 4.38. The van der Waals surface area contributed by atoms with Crippen LogP contribution >= 0.6 is 11.6 Å². The molecule has 0 atom stereocenters. The summed E-state index contributed by atoms with van der Waals surface area (Å²) in [7, 11) is 1.35. The SMILES string of the molecule is COC(=O)c1ccc(Cc2ccc(Cl)cc2C(=O)NCc2ccc3c(c2)OCO3)cc1. The number of hydrogen-bond acceptors (Lipinski definition) is 5. The largest absolute Gasteiger partial charge is 0.465 e. The number of rotatable bonds is 6. The maximum absolute atomic E-state index is 12.9. The highest BCUT2D eigenvalue weighted by Gasteiger charge is 2.16. The first-order valence-corrected chi connectivity index (χ1v) is 10.0. The van der Waals surface area contributed by atoms with Gasteiger partial charge in [0.15, 0.2) is 11.5 Å². The Morgan fingerprint density at radius 1 is 0.968 bits per heavy atom.